The summed E-state index contributed by atoms with van der Waals surface area (Å²) in [5.41, 5.74) is 2.13. The number of rotatable bonds is 8. The van der Waals surface area contributed by atoms with Gasteiger partial charge >= 0.3 is 0 Å². The fourth-order valence-electron chi connectivity index (χ4n) is 3.93. The molecular weight excluding hydrogens is 445 g/mol. The summed E-state index contributed by atoms with van der Waals surface area (Å²) in [6.07, 6.45) is 0.443. The zero-order valence-corrected chi connectivity index (χ0v) is 19.6. The molecule has 10 heteroatoms. The summed E-state index contributed by atoms with van der Waals surface area (Å²) in [7, 11) is 0. The second-order valence-electron chi connectivity index (χ2n) is 8.33. The molecule has 4 rings (SSSR count). The number of thiazole rings is 1. The van der Waals surface area contributed by atoms with Gasteiger partial charge in [0.25, 0.3) is 11.8 Å². The highest BCUT2D eigenvalue weighted by Gasteiger charge is 2.25. The highest BCUT2D eigenvalue weighted by molar-refractivity contribution is 7.14. The van der Waals surface area contributed by atoms with E-state index in [0.29, 0.717) is 62.2 Å². The van der Waals surface area contributed by atoms with Gasteiger partial charge in [-0.2, -0.15) is 0 Å². The molecule has 1 aromatic carbocycles. The van der Waals surface area contributed by atoms with E-state index in [1.165, 1.54) is 11.3 Å². The van der Waals surface area contributed by atoms with Crippen LogP contribution in [-0.4, -0.2) is 73.8 Å². The maximum Gasteiger partial charge on any atom is 0.275 e. The van der Waals surface area contributed by atoms with Crippen LogP contribution < -0.4 is 15.5 Å². The summed E-state index contributed by atoms with van der Waals surface area (Å²) < 4.78 is 18.9. The van der Waals surface area contributed by atoms with Crippen LogP contribution in [0.25, 0.3) is 0 Å². The van der Waals surface area contributed by atoms with Gasteiger partial charge in [0.05, 0.1) is 31.0 Å². The second-order valence-corrected chi connectivity index (χ2v) is 9.16. The molecule has 0 bridgehead atoms. The van der Waals surface area contributed by atoms with Gasteiger partial charge in [0.2, 0.25) is 0 Å². The molecule has 3 heterocycles. The topological polar surface area (TPSA) is 86.8 Å². The van der Waals surface area contributed by atoms with E-state index in [0.717, 1.165) is 25.1 Å². The number of benzene rings is 1. The molecule has 2 saturated heterocycles. The van der Waals surface area contributed by atoms with E-state index in [-0.39, 0.29) is 17.5 Å². The third-order valence-corrected chi connectivity index (χ3v) is 6.65. The number of amides is 2. The van der Waals surface area contributed by atoms with Crippen molar-refractivity contribution < 1.29 is 18.7 Å². The molecule has 1 aromatic heterocycles. The zero-order chi connectivity index (χ0) is 23.2. The Labute approximate surface area is 197 Å². The Kier molecular flexibility index (Phi) is 7.89. The van der Waals surface area contributed by atoms with Crippen molar-refractivity contribution in [2.45, 2.75) is 32.5 Å². The molecule has 0 aliphatic carbocycles. The first-order chi connectivity index (χ1) is 16.0. The number of carbonyl (C=O) groups excluding carboxylic acids is 2. The Morgan fingerprint density at radius 2 is 2.06 bits per heavy atom. The van der Waals surface area contributed by atoms with Gasteiger partial charge in [0, 0.05) is 38.1 Å². The lowest BCUT2D eigenvalue weighted by atomic mass is 10.1. The van der Waals surface area contributed by atoms with Crippen LogP contribution in [0, 0.1) is 0 Å². The Balaban J connectivity index is 1.49. The third-order valence-electron chi connectivity index (χ3n) is 5.75. The summed E-state index contributed by atoms with van der Waals surface area (Å²) in [4.78, 5) is 34.3. The number of alkyl halides is 1. The molecule has 2 fully saturated rings. The van der Waals surface area contributed by atoms with Crippen molar-refractivity contribution in [3.8, 4) is 0 Å². The molecule has 0 unspecified atom stereocenters. The lowest BCUT2D eigenvalue weighted by Gasteiger charge is -2.26. The van der Waals surface area contributed by atoms with E-state index in [1.54, 1.807) is 11.4 Å². The number of halogens is 1. The number of hydrogen-bond donors (Lipinski definition) is 2. The average molecular weight is 476 g/mol. The van der Waals surface area contributed by atoms with E-state index < -0.39 is 6.17 Å². The predicted octanol–water partition coefficient (Wildman–Crippen LogP) is 2.92. The van der Waals surface area contributed by atoms with Crippen LogP contribution >= 0.6 is 11.3 Å². The van der Waals surface area contributed by atoms with Crippen molar-refractivity contribution in [1.82, 2.24) is 15.2 Å². The fourth-order valence-corrected chi connectivity index (χ4v) is 4.77. The van der Waals surface area contributed by atoms with Gasteiger partial charge in [0.1, 0.15) is 11.9 Å². The number of hydrogen-bond acceptors (Lipinski definition) is 7. The maximum absolute atomic E-state index is 13.5. The number of nitrogens with zero attached hydrogens (tertiary/aromatic N) is 3. The van der Waals surface area contributed by atoms with Crippen LogP contribution in [0.4, 0.5) is 15.2 Å². The molecule has 2 aromatic rings. The monoisotopic (exact) mass is 475 g/mol. The summed E-state index contributed by atoms with van der Waals surface area (Å²) in [5.74, 6) is -0.611. The number of carbonyl (C=O) groups is 2. The smallest absolute Gasteiger partial charge is 0.275 e. The van der Waals surface area contributed by atoms with E-state index in [4.69, 9.17) is 4.74 Å². The second kappa shape index (κ2) is 11.0. The highest BCUT2D eigenvalue weighted by Crippen LogP contribution is 2.26. The molecule has 2 N–H and O–H groups in total. The van der Waals surface area contributed by atoms with Gasteiger partial charge in [-0.05, 0) is 30.5 Å². The third kappa shape index (κ3) is 6.07. The van der Waals surface area contributed by atoms with Crippen LogP contribution in [0.1, 0.15) is 46.2 Å². The van der Waals surface area contributed by atoms with Crippen molar-refractivity contribution in [3.63, 3.8) is 0 Å². The summed E-state index contributed by atoms with van der Waals surface area (Å²) in [5, 5.41) is 8.05. The van der Waals surface area contributed by atoms with Gasteiger partial charge < -0.3 is 20.3 Å². The summed E-state index contributed by atoms with van der Waals surface area (Å²) in [6.45, 7) is 7.28. The first-order valence-corrected chi connectivity index (χ1v) is 12.3. The number of aromatic nitrogens is 1. The number of nitrogens with one attached hydrogen (secondary N) is 2. The molecule has 2 aliphatic rings. The largest absolute Gasteiger partial charge is 0.379 e. The van der Waals surface area contributed by atoms with Gasteiger partial charge in [-0.3, -0.25) is 14.5 Å². The van der Waals surface area contributed by atoms with Crippen molar-refractivity contribution >= 4 is 34.0 Å². The SMILES string of the molecule is CCCNC(=O)c1cc(CN2CCOCC2)ccc1NC(=O)c1csc(N2CC[C@H](F)C2)n1. The maximum atomic E-state index is 13.5. The van der Waals surface area contributed by atoms with Gasteiger partial charge in [-0.25, -0.2) is 9.37 Å². The summed E-state index contributed by atoms with van der Waals surface area (Å²) in [6, 6.07) is 5.55. The molecule has 2 aliphatic heterocycles. The molecule has 0 saturated carbocycles. The van der Waals surface area contributed by atoms with Crippen LogP contribution in [0.3, 0.4) is 0 Å². The lowest BCUT2D eigenvalue weighted by molar-refractivity contribution is 0.0342. The molecule has 178 valence electrons. The zero-order valence-electron chi connectivity index (χ0n) is 18.8. The molecule has 33 heavy (non-hydrogen) atoms. The molecular formula is C23H30FN5O3S. The number of ether oxygens (including phenoxy) is 1. The van der Waals surface area contributed by atoms with Gasteiger partial charge in [-0.1, -0.05) is 13.0 Å². The van der Waals surface area contributed by atoms with Crippen molar-refractivity contribution in [3.05, 3.63) is 40.4 Å². The van der Waals surface area contributed by atoms with Gasteiger partial charge in [-0.15, -0.1) is 11.3 Å². The first kappa shape index (κ1) is 23.6. The Hall–Kier alpha value is -2.56. The minimum atomic E-state index is -0.855. The van der Waals surface area contributed by atoms with Crippen molar-refractivity contribution in [2.75, 3.05) is 56.2 Å². The molecule has 0 spiro atoms. The van der Waals surface area contributed by atoms with Crippen molar-refractivity contribution in [2.24, 2.45) is 0 Å². The number of anilines is 2. The van der Waals surface area contributed by atoms with Crippen molar-refractivity contribution in [1.29, 1.82) is 0 Å². The van der Waals surface area contributed by atoms with Gasteiger partial charge in [0.15, 0.2) is 5.13 Å². The van der Waals surface area contributed by atoms with Crippen LogP contribution in [-0.2, 0) is 11.3 Å². The fraction of sp³-hybridized carbons (Fsp3) is 0.522. The number of morpholine rings is 1. The molecule has 8 nitrogen and oxygen atoms in total. The Morgan fingerprint density at radius 3 is 2.79 bits per heavy atom. The average Bonchev–Trinajstić information content (AvgIpc) is 3.48. The molecule has 0 radical (unpaired) electrons. The standard InChI is InChI=1S/C23H30FN5O3S/c1-2-6-25-21(30)18-12-16(13-28-8-10-32-11-9-28)3-4-19(18)26-22(31)20-15-33-23(27-20)29-7-5-17(24)14-29/h3-4,12,15,17H,2,5-11,13-14H2,1H3,(H,25,30)(H,26,31)/t17-/m0/s1. The molecule has 1 atom stereocenters. The predicted molar refractivity (Wildman–Crippen MR) is 127 cm³/mol. The Bertz CT molecular complexity index is 979. The normalized spacial score (nSPS) is 19.0. The van der Waals surface area contributed by atoms with Crippen LogP contribution in [0.5, 0.6) is 0 Å². The van der Waals surface area contributed by atoms with E-state index >= 15 is 0 Å². The Morgan fingerprint density at radius 1 is 1.24 bits per heavy atom. The minimum Gasteiger partial charge on any atom is -0.379 e. The highest BCUT2D eigenvalue weighted by atomic mass is 32.1. The first-order valence-electron chi connectivity index (χ1n) is 11.4. The quantitative estimate of drug-likeness (QED) is 0.611. The van der Waals surface area contributed by atoms with Crippen LogP contribution in [0.15, 0.2) is 23.6 Å². The lowest BCUT2D eigenvalue weighted by Crippen LogP contribution is -2.35. The van der Waals surface area contributed by atoms with E-state index in [2.05, 4.69) is 20.5 Å². The van der Waals surface area contributed by atoms with Crippen LogP contribution in [0.2, 0.25) is 0 Å². The van der Waals surface area contributed by atoms with E-state index in [1.807, 2.05) is 24.0 Å². The molecule has 2 amide bonds. The van der Waals surface area contributed by atoms with E-state index in [9.17, 15) is 14.0 Å². The summed E-state index contributed by atoms with van der Waals surface area (Å²) >= 11 is 1.32. The minimum absolute atomic E-state index is 0.221.